The second-order valence-corrected chi connectivity index (χ2v) is 9.67. The molecule has 0 saturated carbocycles. The van der Waals surface area contributed by atoms with Gasteiger partial charge in [-0.05, 0) is 77.4 Å². The molecule has 196 valence electrons. The van der Waals surface area contributed by atoms with Crippen LogP contribution < -0.4 is 21.3 Å². The van der Waals surface area contributed by atoms with Gasteiger partial charge in [-0.15, -0.1) is 9.24 Å². The van der Waals surface area contributed by atoms with Crippen molar-refractivity contribution in [2.75, 3.05) is 6.54 Å². The van der Waals surface area contributed by atoms with Gasteiger partial charge in [0.1, 0.15) is 18.1 Å². The lowest BCUT2D eigenvalue weighted by molar-refractivity contribution is -0.0381. The lowest BCUT2D eigenvalue weighted by Crippen LogP contribution is -2.37. The molecule has 0 aliphatic carbocycles. The fourth-order valence-corrected chi connectivity index (χ4v) is 4.45. The Balaban J connectivity index is 1.43. The lowest BCUT2D eigenvalue weighted by atomic mass is 9.87. The molecule has 0 fully saturated rings. The zero-order valence-corrected chi connectivity index (χ0v) is 22.4. The van der Waals surface area contributed by atoms with Gasteiger partial charge < -0.3 is 4.74 Å². The molecule has 39 heavy (non-hydrogen) atoms. The number of hydrogen-bond acceptors (Lipinski definition) is 5. The third-order valence-electron chi connectivity index (χ3n) is 6.23. The minimum Gasteiger partial charge on any atom is -0.489 e. The number of ether oxygens (including phenoxy) is 1. The second-order valence-electron chi connectivity index (χ2n) is 9.00. The quantitative estimate of drug-likeness (QED) is 0.141. The Morgan fingerprint density at radius 3 is 2.26 bits per heavy atom. The lowest BCUT2D eigenvalue weighted by Gasteiger charge is -2.28. The number of rotatable bonds is 8. The maximum Gasteiger partial charge on any atom is 0.297 e. The summed E-state index contributed by atoms with van der Waals surface area (Å²) in [6.45, 7) is 2.08. The van der Waals surface area contributed by atoms with Crippen LogP contribution in [0, 0.1) is 30.1 Å². The number of pyridine rings is 1. The van der Waals surface area contributed by atoms with Gasteiger partial charge in [0, 0.05) is 23.9 Å². The van der Waals surface area contributed by atoms with Crippen LogP contribution in [0.15, 0.2) is 85.1 Å². The number of nitriles is 1. The zero-order valence-electron chi connectivity index (χ0n) is 21.3. The van der Waals surface area contributed by atoms with E-state index >= 15 is 8.78 Å². The first-order chi connectivity index (χ1) is 18.8. The van der Waals surface area contributed by atoms with Crippen LogP contribution in [0.1, 0.15) is 45.0 Å². The molecule has 0 amide bonds. The van der Waals surface area contributed by atoms with E-state index in [9.17, 15) is 0 Å². The number of alkyl halides is 2. The van der Waals surface area contributed by atoms with Crippen LogP contribution in [-0.2, 0) is 12.5 Å². The van der Waals surface area contributed by atoms with Crippen LogP contribution in [0.4, 0.5) is 8.78 Å². The number of hydrazine groups is 1. The molecule has 0 aliphatic rings. The monoisotopic (exact) mass is 540 g/mol. The molecule has 8 heteroatoms. The van der Waals surface area contributed by atoms with E-state index in [1.54, 1.807) is 30.3 Å². The summed E-state index contributed by atoms with van der Waals surface area (Å²) in [4.78, 5) is 4.05. The van der Waals surface area contributed by atoms with Crippen molar-refractivity contribution < 1.29 is 13.5 Å². The van der Waals surface area contributed by atoms with E-state index < -0.39 is 11.8 Å². The number of hydrogen-bond donors (Lipinski definition) is 2. The minimum atomic E-state index is -3.25. The minimum absolute atomic E-state index is 0.111. The molecule has 0 radical (unpaired) electrons. The molecule has 1 aromatic heterocycles. The summed E-state index contributed by atoms with van der Waals surface area (Å²) in [5.41, 5.74) is 6.16. The summed E-state index contributed by atoms with van der Waals surface area (Å²) in [6.07, 6.45) is 1.36. The van der Waals surface area contributed by atoms with E-state index in [1.807, 2.05) is 49.4 Å². The van der Waals surface area contributed by atoms with Crippen LogP contribution in [0.25, 0.3) is 0 Å². The van der Waals surface area contributed by atoms with Crippen molar-refractivity contribution in [2.24, 2.45) is 5.84 Å². The highest BCUT2D eigenvalue weighted by Crippen LogP contribution is 2.41. The molecule has 0 saturated heterocycles. The van der Waals surface area contributed by atoms with Crippen molar-refractivity contribution in [2.45, 2.75) is 25.4 Å². The zero-order chi connectivity index (χ0) is 27.8. The third-order valence-corrected chi connectivity index (χ3v) is 6.59. The number of halogens is 2. The molecule has 5 nitrogen and oxygen atoms in total. The Hall–Kier alpha value is -4.13. The van der Waals surface area contributed by atoms with Gasteiger partial charge >= 0.3 is 0 Å². The maximum absolute atomic E-state index is 15.6. The molecule has 0 aliphatic heterocycles. The average molecular weight is 541 g/mol. The van der Waals surface area contributed by atoms with Crippen molar-refractivity contribution in [3.05, 3.63) is 124 Å². The van der Waals surface area contributed by atoms with E-state index in [4.69, 9.17) is 15.8 Å². The first-order valence-electron chi connectivity index (χ1n) is 12.2. The summed E-state index contributed by atoms with van der Waals surface area (Å²) in [7, 11) is 2.57. The fourth-order valence-electron chi connectivity index (χ4n) is 4.11. The van der Waals surface area contributed by atoms with Crippen LogP contribution in [0.3, 0.4) is 0 Å². The second kappa shape index (κ2) is 12.6. The molecule has 2 unspecified atom stereocenters. The summed E-state index contributed by atoms with van der Waals surface area (Å²) in [6, 6.07) is 24.8. The van der Waals surface area contributed by atoms with E-state index in [0.29, 0.717) is 29.0 Å². The number of nitrogens with one attached hydrogen (secondary N) is 1. The molecule has 0 spiro atoms. The van der Waals surface area contributed by atoms with Gasteiger partial charge in [-0.2, -0.15) is 14.0 Å². The van der Waals surface area contributed by atoms with Gasteiger partial charge in [0.25, 0.3) is 5.92 Å². The smallest absolute Gasteiger partial charge is 0.297 e. The highest BCUT2D eigenvalue weighted by atomic mass is 31.0. The molecule has 3 N–H and O–H groups in total. The van der Waals surface area contributed by atoms with Crippen LogP contribution in [0.5, 0.6) is 5.75 Å². The summed E-state index contributed by atoms with van der Waals surface area (Å²) in [5, 5.41) is 9.80. The van der Waals surface area contributed by atoms with E-state index in [0.717, 1.165) is 22.0 Å². The molecular weight excluding hydrogens is 513 g/mol. The Kier molecular flexibility index (Phi) is 9.02. The van der Waals surface area contributed by atoms with Gasteiger partial charge in [0.05, 0.1) is 17.6 Å². The van der Waals surface area contributed by atoms with Crippen LogP contribution >= 0.6 is 9.24 Å². The van der Waals surface area contributed by atoms with Crippen LogP contribution in [-0.4, -0.2) is 11.5 Å². The predicted octanol–water partition coefficient (Wildman–Crippen LogP) is 5.08. The normalized spacial score (nSPS) is 11.7. The number of nitrogens with two attached hydrogens (primary N) is 1. The first-order valence-corrected chi connectivity index (χ1v) is 12.8. The number of nitrogens with zero attached hydrogens (tertiary/aromatic N) is 2. The molecule has 0 bridgehead atoms. The predicted molar refractivity (Wildman–Crippen MR) is 151 cm³/mol. The van der Waals surface area contributed by atoms with Crippen molar-refractivity contribution in [3.8, 4) is 23.7 Å². The average Bonchev–Trinajstić information content (AvgIpc) is 2.95. The Labute approximate surface area is 229 Å². The Bertz CT molecular complexity index is 1520. The van der Waals surface area contributed by atoms with Crippen molar-refractivity contribution in [1.82, 2.24) is 10.4 Å². The Morgan fingerprint density at radius 2 is 1.64 bits per heavy atom. The highest BCUT2D eigenvalue weighted by molar-refractivity contribution is 7.27. The van der Waals surface area contributed by atoms with E-state index in [1.165, 1.54) is 12.3 Å². The maximum atomic E-state index is 15.6. The first kappa shape index (κ1) is 27.9. The van der Waals surface area contributed by atoms with Gasteiger partial charge in [-0.1, -0.05) is 42.2 Å². The van der Waals surface area contributed by atoms with E-state index in [-0.39, 0.29) is 12.2 Å². The van der Waals surface area contributed by atoms with Crippen molar-refractivity contribution in [3.63, 3.8) is 0 Å². The van der Waals surface area contributed by atoms with Gasteiger partial charge in [0.2, 0.25) is 0 Å². The van der Waals surface area contributed by atoms with Gasteiger partial charge in [0.15, 0.2) is 0 Å². The van der Waals surface area contributed by atoms with Crippen molar-refractivity contribution in [1.29, 1.82) is 5.26 Å². The molecule has 4 rings (SSSR count). The number of aryl methyl sites for hydroxylation is 1. The van der Waals surface area contributed by atoms with Gasteiger partial charge in [-0.3, -0.25) is 16.3 Å². The largest absolute Gasteiger partial charge is 0.489 e. The molecule has 1 heterocycles. The standard InChI is InChI=1S/C31H27F2N4OP/c1-21-16-27(39)13-14-28(21)29(19-37-35)31(32,33)30-15-10-24(18-36-30)5-2-22-8-11-26(12-9-22)38-20-25-6-3-23(17-34)4-7-25/h3-4,6-16,18,29,37H,19-20,35,39H2,1H3. The molecule has 4 aromatic rings. The SMILES string of the molecule is Cc1cc(P)ccc1C(CNN)C(F)(F)c1ccc(C#Cc2ccc(OCc3ccc(C#N)cc3)cc2)cn1. The Morgan fingerprint density at radius 1 is 0.974 bits per heavy atom. The summed E-state index contributed by atoms with van der Waals surface area (Å²) >= 11 is 0. The van der Waals surface area contributed by atoms with Crippen molar-refractivity contribution >= 4 is 14.5 Å². The third kappa shape index (κ3) is 7.05. The molecule has 2 atom stereocenters. The van der Waals surface area contributed by atoms with Crippen LogP contribution in [0.2, 0.25) is 0 Å². The van der Waals surface area contributed by atoms with Gasteiger partial charge in [-0.25, -0.2) is 0 Å². The summed E-state index contributed by atoms with van der Waals surface area (Å²) in [5.74, 6) is 7.70. The summed E-state index contributed by atoms with van der Waals surface area (Å²) < 4.78 is 36.9. The number of aromatic nitrogens is 1. The highest BCUT2D eigenvalue weighted by Gasteiger charge is 2.43. The van der Waals surface area contributed by atoms with E-state index in [2.05, 4.69) is 37.6 Å². The fraction of sp³-hybridized carbons (Fsp3) is 0.161. The molecule has 3 aromatic carbocycles. The number of benzene rings is 3. The topological polar surface area (TPSA) is 84.0 Å². The molecular formula is C31H27F2N4OP.